The average Bonchev–Trinajstić information content (AvgIpc) is 2.93. The largest absolute Gasteiger partial charge is 0.362 e. The zero-order valence-corrected chi connectivity index (χ0v) is 11.5. The number of carbonyl (C=O) groups is 2. The van der Waals surface area contributed by atoms with Crippen LogP contribution in [0.4, 0.5) is 4.79 Å². The molecular weight excluding hydrogens is 288 g/mol. The van der Waals surface area contributed by atoms with E-state index in [9.17, 15) is 18.0 Å². The minimum absolute atomic E-state index is 0.0365. The van der Waals surface area contributed by atoms with Crippen molar-refractivity contribution in [3.05, 3.63) is 0 Å². The second-order valence-electron chi connectivity index (χ2n) is 5.25. The summed E-state index contributed by atoms with van der Waals surface area (Å²) in [5.41, 5.74) is 0. The van der Waals surface area contributed by atoms with Gasteiger partial charge in [-0.2, -0.15) is 8.42 Å². The first-order valence-corrected chi connectivity index (χ1v) is 7.88. The smallest absolute Gasteiger partial charge is 0.334 e. The fraction of sp³-hybridized carbons (Fsp3) is 0.800. The number of rotatable bonds is 2. The molecule has 0 aliphatic carbocycles. The van der Waals surface area contributed by atoms with Crippen molar-refractivity contribution in [2.45, 2.75) is 31.0 Å². The molecule has 112 valence electrons. The molecule has 0 bridgehead atoms. The molecule has 3 saturated heterocycles. The molecule has 0 spiro atoms. The van der Waals surface area contributed by atoms with Gasteiger partial charge in [0.2, 0.25) is 0 Å². The molecule has 3 fully saturated rings. The van der Waals surface area contributed by atoms with Crippen LogP contribution in [0.3, 0.4) is 0 Å². The van der Waals surface area contributed by atoms with Crippen molar-refractivity contribution in [1.82, 2.24) is 19.8 Å². The molecule has 3 aliphatic rings. The summed E-state index contributed by atoms with van der Waals surface area (Å²) in [4.78, 5) is 25.2. The van der Waals surface area contributed by atoms with Crippen molar-refractivity contribution in [2.24, 2.45) is 0 Å². The van der Waals surface area contributed by atoms with Crippen molar-refractivity contribution in [3.63, 3.8) is 0 Å². The van der Waals surface area contributed by atoms with E-state index < -0.39 is 28.3 Å². The van der Waals surface area contributed by atoms with Gasteiger partial charge in [0.05, 0.1) is 6.04 Å². The minimum Gasteiger partial charge on any atom is -0.334 e. The SMILES string of the molecule is O=C(N[C@H]1CCNC1)N1CC[C@@H]2[C@H]1C(=O)N2S(=O)(=O)O. The van der Waals surface area contributed by atoms with E-state index in [4.69, 9.17) is 4.55 Å². The number of β-lactam (4-membered cyclic amide) rings is 1. The van der Waals surface area contributed by atoms with Crippen LogP contribution < -0.4 is 10.6 Å². The minimum atomic E-state index is -4.53. The maximum Gasteiger partial charge on any atom is 0.362 e. The molecule has 3 N–H and O–H groups in total. The molecule has 3 rings (SSSR count). The summed E-state index contributed by atoms with van der Waals surface area (Å²) >= 11 is 0. The summed E-state index contributed by atoms with van der Waals surface area (Å²) in [7, 11) is -4.53. The van der Waals surface area contributed by atoms with Crippen LogP contribution in [0.25, 0.3) is 0 Å². The molecule has 3 aliphatic heterocycles. The first kappa shape index (κ1) is 13.6. The summed E-state index contributed by atoms with van der Waals surface area (Å²) in [6.07, 6.45) is 1.19. The van der Waals surface area contributed by atoms with Crippen molar-refractivity contribution in [3.8, 4) is 0 Å². The summed E-state index contributed by atoms with van der Waals surface area (Å²) < 4.78 is 31.5. The fourth-order valence-corrected chi connectivity index (χ4v) is 3.98. The molecule has 0 aromatic rings. The number of likely N-dealkylation sites (tertiary alicyclic amines) is 1. The molecular formula is C10H16N4O5S. The Bertz CT molecular complexity index is 544. The average molecular weight is 304 g/mol. The first-order chi connectivity index (χ1) is 9.39. The van der Waals surface area contributed by atoms with Gasteiger partial charge in [-0.25, -0.2) is 9.10 Å². The predicted molar refractivity (Wildman–Crippen MR) is 67.1 cm³/mol. The van der Waals surface area contributed by atoms with Crippen LogP contribution in [-0.4, -0.2) is 71.9 Å². The molecule has 9 nitrogen and oxygen atoms in total. The van der Waals surface area contributed by atoms with Crippen LogP contribution in [0.1, 0.15) is 12.8 Å². The number of hydrogen-bond acceptors (Lipinski definition) is 5. The van der Waals surface area contributed by atoms with Gasteiger partial charge in [0.1, 0.15) is 6.04 Å². The summed E-state index contributed by atoms with van der Waals surface area (Å²) in [6.45, 7) is 1.84. The van der Waals surface area contributed by atoms with E-state index in [0.29, 0.717) is 23.8 Å². The molecule has 10 heteroatoms. The van der Waals surface area contributed by atoms with E-state index in [2.05, 4.69) is 10.6 Å². The van der Waals surface area contributed by atoms with Crippen LogP contribution in [0.2, 0.25) is 0 Å². The normalized spacial score (nSPS) is 33.0. The Morgan fingerprint density at radius 2 is 2.15 bits per heavy atom. The lowest BCUT2D eigenvalue weighted by atomic mass is 10.0. The second kappa shape index (κ2) is 4.57. The Morgan fingerprint density at radius 1 is 1.40 bits per heavy atom. The number of nitrogens with zero attached hydrogens (tertiary/aromatic N) is 2. The molecule has 0 aromatic heterocycles. The van der Waals surface area contributed by atoms with E-state index in [1.165, 1.54) is 4.90 Å². The van der Waals surface area contributed by atoms with Gasteiger partial charge < -0.3 is 15.5 Å². The summed E-state index contributed by atoms with van der Waals surface area (Å²) in [6, 6.07) is -1.72. The molecule has 0 aromatic carbocycles. The van der Waals surface area contributed by atoms with E-state index >= 15 is 0 Å². The molecule has 0 radical (unpaired) electrons. The van der Waals surface area contributed by atoms with Crippen molar-refractivity contribution in [2.75, 3.05) is 19.6 Å². The van der Waals surface area contributed by atoms with Gasteiger partial charge >= 0.3 is 16.3 Å². The van der Waals surface area contributed by atoms with Crippen molar-refractivity contribution in [1.29, 1.82) is 0 Å². The maximum absolute atomic E-state index is 12.1. The number of hydrogen-bond donors (Lipinski definition) is 3. The van der Waals surface area contributed by atoms with Gasteiger partial charge in [0.25, 0.3) is 5.91 Å². The van der Waals surface area contributed by atoms with E-state index in [1.807, 2.05) is 0 Å². The number of urea groups is 1. The van der Waals surface area contributed by atoms with Gasteiger partial charge in [-0.15, -0.1) is 0 Å². The Morgan fingerprint density at radius 3 is 2.75 bits per heavy atom. The van der Waals surface area contributed by atoms with Crippen LogP contribution >= 0.6 is 0 Å². The van der Waals surface area contributed by atoms with Gasteiger partial charge in [0, 0.05) is 19.1 Å². The maximum atomic E-state index is 12.1. The van der Waals surface area contributed by atoms with Gasteiger partial charge in [0.15, 0.2) is 0 Å². The molecule has 0 unspecified atom stereocenters. The highest BCUT2D eigenvalue weighted by Gasteiger charge is 2.60. The Kier molecular flexibility index (Phi) is 3.10. The molecule has 0 saturated carbocycles. The van der Waals surface area contributed by atoms with Crippen molar-refractivity contribution < 1.29 is 22.6 Å². The third-order valence-corrected chi connectivity index (χ3v) is 4.98. The van der Waals surface area contributed by atoms with Crippen LogP contribution in [0.5, 0.6) is 0 Å². The monoisotopic (exact) mass is 304 g/mol. The lowest BCUT2D eigenvalue weighted by molar-refractivity contribution is -0.143. The summed E-state index contributed by atoms with van der Waals surface area (Å²) in [5.74, 6) is -0.741. The van der Waals surface area contributed by atoms with E-state index in [-0.39, 0.29) is 12.1 Å². The number of fused-ring (bicyclic) bond motifs is 1. The summed E-state index contributed by atoms with van der Waals surface area (Å²) in [5, 5.41) is 5.94. The number of carbonyl (C=O) groups excluding carboxylic acids is 2. The highest BCUT2D eigenvalue weighted by molar-refractivity contribution is 7.84. The van der Waals surface area contributed by atoms with Gasteiger partial charge in [-0.3, -0.25) is 9.35 Å². The molecule has 3 atom stereocenters. The number of nitrogens with one attached hydrogen (secondary N) is 2. The Balaban J connectivity index is 1.66. The Hall–Kier alpha value is -1.39. The fourth-order valence-electron chi connectivity index (χ4n) is 3.08. The zero-order valence-electron chi connectivity index (χ0n) is 10.7. The topological polar surface area (TPSA) is 119 Å². The quantitative estimate of drug-likeness (QED) is 0.407. The number of amides is 3. The first-order valence-electron chi connectivity index (χ1n) is 6.48. The van der Waals surface area contributed by atoms with Crippen LogP contribution in [0.15, 0.2) is 0 Å². The van der Waals surface area contributed by atoms with Crippen LogP contribution in [0, 0.1) is 0 Å². The zero-order chi connectivity index (χ0) is 14.5. The second-order valence-corrected chi connectivity index (χ2v) is 6.53. The molecule has 3 heterocycles. The van der Waals surface area contributed by atoms with E-state index in [1.54, 1.807) is 0 Å². The lowest BCUT2D eigenvalue weighted by Gasteiger charge is -2.42. The van der Waals surface area contributed by atoms with Gasteiger partial charge in [-0.05, 0) is 19.4 Å². The lowest BCUT2D eigenvalue weighted by Crippen LogP contribution is -2.69. The third kappa shape index (κ3) is 2.03. The molecule has 3 amide bonds. The predicted octanol–water partition coefficient (Wildman–Crippen LogP) is -1.85. The highest BCUT2D eigenvalue weighted by atomic mass is 32.2. The third-order valence-electron chi connectivity index (χ3n) is 4.03. The standard InChI is InChI=1S/C10H16N4O5S/c15-9-8-7(14(9)20(17,18)19)2-4-13(8)10(16)12-6-1-3-11-5-6/h6-8,11H,1-5H2,(H,12,16)(H,17,18,19)/t6-,7+,8-/m0/s1. The van der Waals surface area contributed by atoms with Gasteiger partial charge in [-0.1, -0.05) is 0 Å². The molecule has 20 heavy (non-hydrogen) atoms. The van der Waals surface area contributed by atoms with Crippen molar-refractivity contribution >= 4 is 22.2 Å². The van der Waals surface area contributed by atoms with Crippen LogP contribution in [-0.2, 0) is 15.1 Å². The Labute approximate surface area is 116 Å². The van der Waals surface area contributed by atoms with E-state index in [0.717, 1.165) is 13.0 Å². The highest BCUT2D eigenvalue weighted by Crippen LogP contribution is 2.35.